The van der Waals surface area contributed by atoms with Crippen LogP contribution in [0.4, 0.5) is 10.1 Å². The summed E-state index contributed by atoms with van der Waals surface area (Å²) >= 11 is 3.37. The molecule has 0 saturated carbocycles. The zero-order valence-corrected chi connectivity index (χ0v) is 11.8. The van der Waals surface area contributed by atoms with Crippen molar-refractivity contribution in [2.75, 3.05) is 5.73 Å². The van der Waals surface area contributed by atoms with Crippen molar-refractivity contribution in [3.05, 3.63) is 46.7 Å². The van der Waals surface area contributed by atoms with Crippen molar-refractivity contribution < 1.29 is 4.39 Å². The largest absolute Gasteiger partial charge is 0.398 e. The van der Waals surface area contributed by atoms with E-state index < -0.39 is 0 Å². The number of anilines is 1. The SMILES string of the molecule is Cn1c(-c2ccc(Br)cc2N)nc2ccc(F)cc21. The number of imidazole rings is 1. The van der Waals surface area contributed by atoms with Crippen molar-refractivity contribution >= 4 is 32.7 Å². The summed E-state index contributed by atoms with van der Waals surface area (Å²) in [7, 11) is 1.85. The first-order valence-corrected chi connectivity index (χ1v) is 6.53. The van der Waals surface area contributed by atoms with E-state index in [1.54, 1.807) is 6.07 Å². The Kier molecular flexibility index (Phi) is 2.78. The molecule has 3 aromatic rings. The summed E-state index contributed by atoms with van der Waals surface area (Å²) in [6.45, 7) is 0. The Bertz CT molecular complexity index is 780. The van der Waals surface area contributed by atoms with Crippen LogP contribution in [-0.4, -0.2) is 9.55 Å². The van der Waals surface area contributed by atoms with E-state index in [0.29, 0.717) is 5.69 Å². The predicted molar refractivity (Wildman–Crippen MR) is 78.2 cm³/mol. The fourth-order valence-corrected chi connectivity index (χ4v) is 2.52. The summed E-state index contributed by atoms with van der Waals surface area (Å²) in [4.78, 5) is 4.52. The van der Waals surface area contributed by atoms with Crippen molar-refractivity contribution in [3.63, 3.8) is 0 Å². The molecule has 5 heteroatoms. The van der Waals surface area contributed by atoms with E-state index in [1.807, 2.05) is 29.8 Å². The van der Waals surface area contributed by atoms with Gasteiger partial charge in [0.25, 0.3) is 0 Å². The lowest BCUT2D eigenvalue weighted by Gasteiger charge is -2.06. The fourth-order valence-electron chi connectivity index (χ4n) is 2.14. The van der Waals surface area contributed by atoms with Crippen LogP contribution in [0.3, 0.4) is 0 Å². The number of fused-ring (bicyclic) bond motifs is 1. The lowest BCUT2D eigenvalue weighted by molar-refractivity contribution is 0.629. The summed E-state index contributed by atoms with van der Waals surface area (Å²) in [6, 6.07) is 10.2. The molecule has 0 saturated heterocycles. The predicted octanol–water partition coefficient (Wildman–Crippen LogP) is 3.72. The Labute approximate surface area is 118 Å². The number of nitrogens with zero attached hydrogens (tertiary/aromatic N) is 2. The highest BCUT2D eigenvalue weighted by Gasteiger charge is 2.12. The van der Waals surface area contributed by atoms with Crippen LogP contribution in [0, 0.1) is 5.82 Å². The summed E-state index contributed by atoms with van der Waals surface area (Å²) in [5.41, 5.74) is 8.98. The number of halogens is 2. The Balaban J connectivity index is 2.28. The van der Waals surface area contributed by atoms with E-state index in [4.69, 9.17) is 5.73 Å². The van der Waals surface area contributed by atoms with Crippen LogP contribution in [0.2, 0.25) is 0 Å². The van der Waals surface area contributed by atoms with Gasteiger partial charge in [-0.25, -0.2) is 9.37 Å². The molecule has 0 amide bonds. The zero-order chi connectivity index (χ0) is 13.6. The smallest absolute Gasteiger partial charge is 0.142 e. The number of rotatable bonds is 1. The monoisotopic (exact) mass is 319 g/mol. The van der Waals surface area contributed by atoms with E-state index in [2.05, 4.69) is 20.9 Å². The molecule has 1 heterocycles. The quantitative estimate of drug-likeness (QED) is 0.695. The summed E-state index contributed by atoms with van der Waals surface area (Å²) in [6.07, 6.45) is 0. The maximum absolute atomic E-state index is 13.3. The molecule has 0 fully saturated rings. The highest BCUT2D eigenvalue weighted by molar-refractivity contribution is 9.10. The van der Waals surface area contributed by atoms with E-state index in [1.165, 1.54) is 12.1 Å². The second-order valence-electron chi connectivity index (χ2n) is 4.36. The van der Waals surface area contributed by atoms with Crippen molar-refractivity contribution in [2.45, 2.75) is 0 Å². The normalized spacial score (nSPS) is 11.1. The van der Waals surface area contributed by atoms with Gasteiger partial charge in [-0.2, -0.15) is 0 Å². The second-order valence-corrected chi connectivity index (χ2v) is 5.27. The summed E-state index contributed by atoms with van der Waals surface area (Å²) in [5, 5.41) is 0. The third kappa shape index (κ3) is 2.00. The van der Waals surface area contributed by atoms with Gasteiger partial charge < -0.3 is 10.3 Å². The fraction of sp³-hybridized carbons (Fsp3) is 0.0714. The third-order valence-corrected chi connectivity index (χ3v) is 3.59. The average molecular weight is 320 g/mol. The van der Waals surface area contributed by atoms with Gasteiger partial charge in [0, 0.05) is 22.8 Å². The van der Waals surface area contributed by atoms with Crippen molar-refractivity contribution in [1.29, 1.82) is 0 Å². The Hall–Kier alpha value is -1.88. The molecule has 3 nitrogen and oxygen atoms in total. The number of hydrogen-bond donors (Lipinski definition) is 1. The Morgan fingerprint density at radius 1 is 1.21 bits per heavy atom. The van der Waals surface area contributed by atoms with Crippen LogP contribution in [0.25, 0.3) is 22.4 Å². The molecule has 0 aliphatic heterocycles. The molecule has 0 aliphatic rings. The highest BCUT2D eigenvalue weighted by atomic mass is 79.9. The molecular formula is C14H11BrFN3. The van der Waals surface area contributed by atoms with Crippen LogP contribution < -0.4 is 5.73 Å². The minimum Gasteiger partial charge on any atom is -0.398 e. The number of nitrogens with two attached hydrogens (primary N) is 1. The average Bonchev–Trinajstić information content (AvgIpc) is 2.67. The first kappa shape index (κ1) is 12.2. The van der Waals surface area contributed by atoms with Gasteiger partial charge in [0.05, 0.1) is 11.0 Å². The van der Waals surface area contributed by atoms with Crippen molar-refractivity contribution in [1.82, 2.24) is 9.55 Å². The lowest BCUT2D eigenvalue weighted by Crippen LogP contribution is -1.96. The number of aryl methyl sites for hydroxylation is 1. The highest BCUT2D eigenvalue weighted by Crippen LogP contribution is 2.30. The van der Waals surface area contributed by atoms with Crippen molar-refractivity contribution in [2.24, 2.45) is 7.05 Å². The van der Waals surface area contributed by atoms with Gasteiger partial charge in [0.2, 0.25) is 0 Å². The number of aromatic nitrogens is 2. The number of hydrogen-bond acceptors (Lipinski definition) is 2. The van der Waals surface area contributed by atoms with Gasteiger partial charge in [-0.3, -0.25) is 0 Å². The molecule has 1 aromatic heterocycles. The molecule has 2 aromatic carbocycles. The molecule has 3 rings (SSSR count). The van der Waals surface area contributed by atoms with Gasteiger partial charge in [-0.15, -0.1) is 0 Å². The molecule has 0 atom stereocenters. The van der Waals surface area contributed by atoms with E-state index >= 15 is 0 Å². The molecule has 2 N–H and O–H groups in total. The molecule has 19 heavy (non-hydrogen) atoms. The first-order chi connectivity index (χ1) is 9.06. The van der Waals surface area contributed by atoms with Crippen molar-refractivity contribution in [3.8, 4) is 11.4 Å². The Morgan fingerprint density at radius 3 is 2.74 bits per heavy atom. The number of nitrogen functional groups attached to an aromatic ring is 1. The molecule has 0 aliphatic carbocycles. The van der Waals surface area contributed by atoms with Gasteiger partial charge in [0.1, 0.15) is 11.6 Å². The van der Waals surface area contributed by atoms with Gasteiger partial charge in [0.15, 0.2) is 0 Å². The maximum atomic E-state index is 13.3. The van der Waals surface area contributed by atoms with Crippen LogP contribution in [-0.2, 0) is 7.05 Å². The van der Waals surface area contributed by atoms with Crippen LogP contribution in [0.5, 0.6) is 0 Å². The minimum atomic E-state index is -0.272. The Morgan fingerprint density at radius 2 is 2.00 bits per heavy atom. The summed E-state index contributed by atoms with van der Waals surface area (Å²) < 4.78 is 16.0. The second kappa shape index (κ2) is 4.35. The molecule has 0 radical (unpaired) electrons. The number of benzene rings is 2. The van der Waals surface area contributed by atoms with Gasteiger partial charge in [-0.1, -0.05) is 15.9 Å². The first-order valence-electron chi connectivity index (χ1n) is 5.73. The van der Waals surface area contributed by atoms with E-state index in [-0.39, 0.29) is 5.82 Å². The van der Waals surface area contributed by atoms with Crippen LogP contribution in [0.1, 0.15) is 0 Å². The van der Waals surface area contributed by atoms with Crippen LogP contribution >= 0.6 is 15.9 Å². The molecular weight excluding hydrogens is 309 g/mol. The maximum Gasteiger partial charge on any atom is 0.142 e. The van der Waals surface area contributed by atoms with Gasteiger partial charge >= 0.3 is 0 Å². The standard InChI is InChI=1S/C14H11BrFN3/c1-19-13-7-9(16)3-5-12(13)18-14(19)10-4-2-8(15)6-11(10)17/h2-7H,17H2,1H3. The molecule has 0 spiro atoms. The van der Waals surface area contributed by atoms with Crippen LogP contribution in [0.15, 0.2) is 40.9 Å². The van der Waals surface area contributed by atoms with E-state index in [9.17, 15) is 4.39 Å². The minimum absolute atomic E-state index is 0.272. The molecule has 0 bridgehead atoms. The molecule has 0 unspecified atom stereocenters. The van der Waals surface area contributed by atoms with Gasteiger partial charge in [-0.05, 0) is 36.4 Å². The van der Waals surface area contributed by atoms with E-state index in [0.717, 1.165) is 26.9 Å². The lowest BCUT2D eigenvalue weighted by atomic mass is 10.2. The molecule has 96 valence electrons. The summed E-state index contributed by atoms with van der Waals surface area (Å²) in [5.74, 6) is 0.455. The zero-order valence-electron chi connectivity index (χ0n) is 10.2. The topological polar surface area (TPSA) is 43.8 Å². The third-order valence-electron chi connectivity index (χ3n) is 3.10.